The van der Waals surface area contributed by atoms with Crippen molar-refractivity contribution in [1.82, 2.24) is 0 Å². The molecule has 1 saturated heterocycles. The third-order valence-electron chi connectivity index (χ3n) is 4.99. The molecule has 3 nitrogen and oxygen atoms in total. The molecule has 0 N–H and O–H groups in total. The molecule has 24 heavy (non-hydrogen) atoms. The first kappa shape index (κ1) is 21.3. The van der Waals surface area contributed by atoms with E-state index >= 15 is 0 Å². The molecule has 1 aliphatic rings. The van der Waals surface area contributed by atoms with Crippen LogP contribution in [0.15, 0.2) is 12.2 Å². The number of hydrogen-bond acceptors (Lipinski definition) is 3. The number of cyclic esters (lactones) is 1. The molecule has 0 aliphatic carbocycles. The van der Waals surface area contributed by atoms with Crippen molar-refractivity contribution in [2.24, 2.45) is 5.92 Å². The van der Waals surface area contributed by atoms with E-state index in [0.717, 1.165) is 12.8 Å². The monoisotopic (exact) mass is 362 g/mol. The van der Waals surface area contributed by atoms with Gasteiger partial charge < -0.3 is 9.16 Å². The summed E-state index contributed by atoms with van der Waals surface area (Å²) in [6, 6.07) is 0. The van der Waals surface area contributed by atoms with E-state index in [-0.39, 0.29) is 11.6 Å². The van der Waals surface area contributed by atoms with Gasteiger partial charge in [0, 0.05) is 0 Å². The van der Waals surface area contributed by atoms with Crippen molar-refractivity contribution in [3.63, 3.8) is 0 Å². The van der Waals surface area contributed by atoms with Gasteiger partial charge in [-0.15, -0.1) is 0 Å². The molecule has 0 saturated carbocycles. The first-order chi connectivity index (χ1) is 11.0. The van der Waals surface area contributed by atoms with Gasteiger partial charge in [-0.25, -0.2) is 13.6 Å². The summed E-state index contributed by atoms with van der Waals surface area (Å²) in [5, 5.41) is -0.0430. The van der Waals surface area contributed by atoms with E-state index in [0.29, 0.717) is 6.42 Å². The Hall–Kier alpha value is -0.753. The standard InChI is InChI=1S/C18H32F2O3Si/c1-7-8-9-14(19)15(23-24(5,6)18(2,3)4)11-10-13-12-22-17(21)16(13)20/h10-11,13-16H,7-9,12H2,1-6H3/b11-10+/t13-,14?,15?,16-/m1/s1. The Morgan fingerprint density at radius 2 is 2.04 bits per heavy atom. The summed E-state index contributed by atoms with van der Waals surface area (Å²) in [6.45, 7) is 12.5. The first-order valence-electron chi connectivity index (χ1n) is 8.80. The molecule has 0 spiro atoms. The van der Waals surface area contributed by atoms with Crippen LogP contribution in [0.3, 0.4) is 0 Å². The Bertz CT molecular complexity index is 446. The number of esters is 1. The normalized spacial score (nSPS) is 25.1. The third-order valence-corrected chi connectivity index (χ3v) is 9.47. The van der Waals surface area contributed by atoms with Crippen molar-refractivity contribution in [1.29, 1.82) is 0 Å². The molecule has 2 unspecified atom stereocenters. The fourth-order valence-corrected chi connectivity index (χ4v) is 3.50. The van der Waals surface area contributed by atoms with Crippen LogP contribution in [0, 0.1) is 5.92 Å². The highest BCUT2D eigenvalue weighted by atomic mass is 28.4. The van der Waals surface area contributed by atoms with Gasteiger partial charge in [0.2, 0.25) is 6.17 Å². The molecule has 0 amide bonds. The number of carbonyl (C=O) groups excluding carboxylic acids is 1. The Kier molecular flexibility index (Phi) is 7.60. The van der Waals surface area contributed by atoms with Gasteiger partial charge in [0.15, 0.2) is 8.32 Å². The molecule has 4 atom stereocenters. The lowest BCUT2D eigenvalue weighted by Crippen LogP contribution is -2.45. The second-order valence-corrected chi connectivity index (χ2v) is 12.8. The van der Waals surface area contributed by atoms with E-state index in [4.69, 9.17) is 9.16 Å². The van der Waals surface area contributed by atoms with Crippen LogP contribution in [0.1, 0.15) is 47.0 Å². The molecule has 140 valence electrons. The maximum atomic E-state index is 14.7. The molecule has 6 heteroatoms. The molecule has 1 heterocycles. The van der Waals surface area contributed by atoms with Gasteiger partial charge >= 0.3 is 5.97 Å². The lowest BCUT2D eigenvalue weighted by molar-refractivity contribution is -0.141. The van der Waals surface area contributed by atoms with E-state index < -0.39 is 38.7 Å². The summed E-state index contributed by atoms with van der Waals surface area (Å²) < 4.78 is 39.3. The van der Waals surface area contributed by atoms with Crippen molar-refractivity contribution in [2.75, 3.05) is 6.61 Å². The van der Waals surface area contributed by atoms with E-state index in [1.807, 2.05) is 6.92 Å². The van der Waals surface area contributed by atoms with Crippen LogP contribution in [0.5, 0.6) is 0 Å². The molecule has 1 aliphatic heterocycles. The summed E-state index contributed by atoms with van der Waals surface area (Å²) in [6.07, 6.45) is 1.75. The smallest absolute Gasteiger partial charge is 0.341 e. The summed E-state index contributed by atoms with van der Waals surface area (Å²) in [5.41, 5.74) is 0. The number of halogens is 2. The molecule has 0 aromatic rings. The van der Waals surface area contributed by atoms with Gasteiger partial charge in [0.25, 0.3) is 0 Å². The lowest BCUT2D eigenvalue weighted by Gasteiger charge is -2.39. The average molecular weight is 363 g/mol. The third kappa shape index (κ3) is 5.65. The summed E-state index contributed by atoms with van der Waals surface area (Å²) >= 11 is 0. The maximum absolute atomic E-state index is 14.7. The van der Waals surface area contributed by atoms with Crippen LogP contribution in [-0.4, -0.2) is 39.3 Å². The van der Waals surface area contributed by atoms with Crippen LogP contribution in [0.25, 0.3) is 0 Å². The number of alkyl halides is 2. The zero-order valence-electron chi connectivity index (χ0n) is 15.8. The van der Waals surface area contributed by atoms with E-state index in [1.54, 1.807) is 12.2 Å². The highest BCUT2D eigenvalue weighted by Crippen LogP contribution is 2.38. The molecular formula is C18H32F2O3Si. The van der Waals surface area contributed by atoms with Gasteiger partial charge in [-0.05, 0) is 24.6 Å². The predicted octanol–water partition coefficient (Wildman–Crippen LogP) is 4.97. The fourth-order valence-electron chi connectivity index (χ4n) is 2.24. The van der Waals surface area contributed by atoms with E-state index in [1.165, 1.54) is 0 Å². The Morgan fingerprint density at radius 1 is 1.42 bits per heavy atom. The lowest BCUT2D eigenvalue weighted by atomic mass is 10.0. The molecule has 0 bridgehead atoms. The van der Waals surface area contributed by atoms with Crippen molar-refractivity contribution in [2.45, 2.75) is 83.5 Å². The maximum Gasteiger partial charge on any atom is 0.341 e. The van der Waals surface area contributed by atoms with Gasteiger partial charge in [0.05, 0.1) is 12.0 Å². The predicted molar refractivity (Wildman–Crippen MR) is 95.0 cm³/mol. The second kappa shape index (κ2) is 8.56. The zero-order chi connectivity index (χ0) is 18.5. The molecule has 0 radical (unpaired) electrons. The number of unbranched alkanes of at least 4 members (excludes halogenated alkanes) is 1. The van der Waals surface area contributed by atoms with Crippen molar-refractivity contribution < 1.29 is 22.7 Å². The van der Waals surface area contributed by atoms with Crippen molar-refractivity contribution >= 4 is 14.3 Å². The van der Waals surface area contributed by atoms with Crippen molar-refractivity contribution in [3.05, 3.63) is 12.2 Å². The molecular weight excluding hydrogens is 330 g/mol. The van der Waals surface area contributed by atoms with Gasteiger partial charge in [-0.2, -0.15) is 0 Å². The Balaban J connectivity index is 2.87. The number of carbonyl (C=O) groups is 1. The van der Waals surface area contributed by atoms with Gasteiger partial charge in [-0.1, -0.05) is 52.7 Å². The average Bonchev–Trinajstić information content (AvgIpc) is 2.79. The quantitative estimate of drug-likeness (QED) is 0.347. The molecule has 1 rings (SSSR count). The molecule has 0 aromatic carbocycles. The SMILES string of the molecule is CCCCC(F)C(/C=C/[C@@H]1COC(=O)[C@@H]1F)O[Si](C)(C)C(C)(C)C. The van der Waals surface area contributed by atoms with Crippen LogP contribution in [-0.2, 0) is 14.0 Å². The minimum absolute atomic E-state index is 0.00915. The summed E-state index contributed by atoms with van der Waals surface area (Å²) in [5.74, 6) is -1.49. The van der Waals surface area contributed by atoms with Gasteiger partial charge in [-0.3, -0.25) is 0 Å². The highest BCUT2D eigenvalue weighted by molar-refractivity contribution is 6.74. The number of rotatable bonds is 8. The van der Waals surface area contributed by atoms with E-state index in [9.17, 15) is 13.6 Å². The van der Waals surface area contributed by atoms with Gasteiger partial charge in [0.1, 0.15) is 12.8 Å². The second-order valence-electron chi connectivity index (χ2n) is 8.08. The summed E-state index contributed by atoms with van der Waals surface area (Å²) in [7, 11) is -2.16. The van der Waals surface area contributed by atoms with Crippen LogP contribution >= 0.6 is 0 Å². The fraction of sp³-hybridized carbons (Fsp3) is 0.833. The Labute approximate surface area is 145 Å². The van der Waals surface area contributed by atoms with E-state index in [2.05, 4.69) is 33.9 Å². The zero-order valence-corrected chi connectivity index (χ0v) is 16.8. The minimum Gasteiger partial charge on any atom is -0.463 e. The molecule has 1 fully saturated rings. The summed E-state index contributed by atoms with van der Waals surface area (Å²) in [4.78, 5) is 11.1. The molecule has 0 aromatic heterocycles. The Morgan fingerprint density at radius 3 is 2.50 bits per heavy atom. The van der Waals surface area contributed by atoms with Crippen LogP contribution in [0.4, 0.5) is 8.78 Å². The van der Waals surface area contributed by atoms with Crippen molar-refractivity contribution in [3.8, 4) is 0 Å². The highest BCUT2D eigenvalue weighted by Gasteiger charge is 2.41. The topological polar surface area (TPSA) is 35.5 Å². The first-order valence-corrected chi connectivity index (χ1v) is 11.7. The van der Waals surface area contributed by atoms with Crippen LogP contribution in [0.2, 0.25) is 18.1 Å². The minimum atomic E-state index is -2.16. The number of ether oxygens (including phenoxy) is 1. The number of hydrogen-bond donors (Lipinski definition) is 0. The largest absolute Gasteiger partial charge is 0.463 e. The van der Waals surface area contributed by atoms with Crippen LogP contribution < -0.4 is 0 Å².